The van der Waals surface area contributed by atoms with E-state index < -0.39 is 0 Å². The molecule has 1 aromatic heterocycles. The second-order valence-corrected chi connectivity index (χ2v) is 12.5. The van der Waals surface area contributed by atoms with Gasteiger partial charge in [-0.05, 0) is 92.9 Å². The Kier molecular flexibility index (Phi) is 4.78. The van der Waals surface area contributed by atoms with E-state index in [1.54, 1.807) is 0 Å². The van der Waals surface area contributed by atoms with E-state index in [-0.39, 0.29) is 11.3 Å². The average molecular weight is 483 g/mol. The summed E-state index contributed by atoms with van der Waals surface area (Å²) in [6.45, 7) is 0.995. The van der Waals surface area contributed by atoms with Crippen LogP contribution in [0.3, 0.4) is 0 Å². The van der Waals surface area contributed by atoms with Crippen molar-refractivity contribution in [2.45, 2.75) is 81.5 Å². The van der Waals surface area contributed by atoms with Crippen LogP contribution in [0.2, 0.25) is 0 Å². The van der Waals surface area contributed by atoms with Gasteiger partial charge >= 0.3 is 0 Å². The molecule has 0 saturated heterocycles. The van der Waals surface area contributed by atoms with Crippen molar-refractivity contribution < 1.29 is 4.79 Å². The quantitative estimate of drug-likeness (QED) is 0.565. The number of carbonyl (C=O) groups is 1. The first-order valence-electron chi connectivity index (χ1n) is 12.0. The van der Waals surface area contributed by atoms with Gasteiger partial charge in [0.1, 0.15) is 5.82 Å². The smallest absolute Gasteiger partial charge is 0.224 e. The number of nitrogens with zero attached hydrogens (tertiary/aromatic N) is 3. The fourth-order valence-corrected chi connectivity index (χ4v) is 9.00. The first kappa shape index (κ1) is 20.0. The summed E-state index contributed by atoms with van der Waals surface area (Å²) in [5, 5.41) is 12.0. The van der Waals surface area contributed by atoms with Crippen LogP contribution in [0.1, 0.15) is 70.0 Å². The SMILES string of the molecule is O=C(CC12C[C@@H]3C[C@@H](CC(Br)(C3)C1)C2)Nc1ccc(-c2nnc3n2CCCCC3)cc1. The van der Waals surface area contributed by atoms with Crippen molar-refractivity contribution in [2.24, 2.45) is 17.3 Å². The van der Waals surface area contributed by atoms with Gasteiger partial charge < -0.3 is 9.88 Å². The number of carbonyl (C=O) groups excluding carboxylic acids is 1. The topological polar surface area (TPSA) is 59.8 Å². The number of nitrogens with one attached hydrogen (secondary N) is 1. The van der Waals surface area contributed by atoms with E-state index in [4.69, 9.17) is 0 Å². The van der Waals surface area contributed by atoms with E-state index in [1.165, 1.54) is 51.4 Å². The van der Waals surface area contributed by atoms with Crippen molar-refractivity contribution in [3.05, 3.63) is 30.1 Å². The molecule has 7 rings (SSSR count). The molecule has 0 radical (unpaired) electrons. The second kappa shape index (κ2) is 7.43. The fourth-order valence-electron chi connectivity index (χ4n) is 7.49. The van der Waals surface area contributed by atoms with Gasteiger partial charge in [-0.15, -0.1) is 10.2 Å². The average Bonchev–Trinajstić information content (AvgIpc) is 2.94. The van der Waals surface area contributed by atoms with Crippen molar-refractivity contribution >= 4 is 27.5 Å². The number of fused-ring (bicyclic) bond motifs is 1. The Bertz CT molecular complexity index is 983. The maximum absolute atomic E-state index is 13.0. The van der Waals surface area contributed by atoms with Crippen LogP contribution in [-0.2, 0) is 17.8 Å². The Balaban J connectivity index is 1.14. The zero-order chi connectivity index (χ0) is 21.1. The number of anilines is 1. The van der Waals surface area contributed by atoms with E-state index in [9.17, 15) is 4.79 Å². The lowest BCUT2D eigenvalue weighted by atomic mass is 9.48. The second-order valence-electron chi connectivity index (χ2n) is 10.8. The van der Waals surface area contributed by atoms with Gasteiger partial charge in [0, 0.05) is 35.0 Å². The van der Waals surface area contributed by atoms with Crippen molar-refractivity contribution in [2.75, 3.05) is 5.32 Å². The van der Waals surface area contributed by atoms with Crippen molar-refractivity contribution in [1.82, 2.24) is 14.8 Å². The molecule has 31 heavy (non-hydrogen) atoms. The Morgan fingerprint density at radius 1 is 1.06 bits per heavy atom. The molecular formula is C25H31BrN4O. The Morgan fingerprint density at radius 2 is 1.84 bits per heavy atom. The monoisotopic (exact) mass is 482 g/mol. The van der Waals surface area contributed by atoms with Crippen molar-refractivity contribution in [1.29, 1.82) is 0 Å². The Morgan fingerprint density at radius 3 is 2.58 bits per heavy atom. The lowest BCUT2D eigenvalue weighted by Crippen LogP contribution is -2.53. The first-order valence-corrected chi connectivity index (χ1v) is 12.8. The van der Waals surface area contributed by atoms with Gasteiger partial charge in [0.2, 0.25) is 5.91 Å². The molecule has 1 aromatic carbocycles. The van der Waals surface area contributed by atoms with Crippen molar-refractivity contribution in [3.8, 4) is 11.4 Å². The molecule has 2 unspecified atom stereocenters. The first-order chi connectivity index (χ1) is 15.0. The number of alkyl halides is 1. The Labute approximate surface area is 192 Å². The molecule has 164 valence electrons. The summed E-state index contributed by atoms with van der Waals surface area (Å²) >= 11 is 4.06. The molecule has 0 spiro atoms. The predicted molar refractivity (Wildman–Crippen MR) is 125 cm³/mol. The van der Waals surface area contributed by atoms with Crippen LogP contribution in [-0.4, -0.2) is 25.0 Å². The molecule has 4 atom stereocenters. The molecule has 1 amide bonds. The van der Waals surface area contributed by atoms with Crippen LogP contribution in [0.15, 0.2) is 24.3 Å². The van der Waals surface area contributed by atoms with Crippen molar-refractivity contribution in [3.63, 3.8) is 0 Å². The van der Waals surface area contributed by atoms with E-state index in [0.29, 0.717) is 10.7 Å². The number of aromatic nitrogens is 3. The highest BCUT2D eigenvalue weighted by Gasteiger charge is 2.57. The molecular weight excluding hydrogens is 452 g/mol. The maximum atomic E-state index is 13.0. The summed E-state index contributed by atoms with van der Waals surface area (Å²) in [5.41, 5.74) is 2.15. The van der Waals surface area contributed by atoms with Gasteiger partial charge in [-0.25, -0.2) is 0 Å². The third-order valence-electron chi connectivity index (χ3n) is 8.18. The highest BCUT2D eigenvalue weighted by molar-refractivity contribution is 9.10. The third kappa shape index (κ3) is 3.75. The molecule has 5 aliphatic rings. The molecule has 4 saturated carbocycles. The molecule has 4 aliphatic carbocycles. The standard InChI is InChI=1S/C25H31BrN4O/c26-25-13-17-10-18(14-25)12-24(11-17,16-25)15-22(31)27-20-7-5-19(6-8-20)23-29-28-21-4-2-1-3-9-30(21)23/h5-8,17-18H,1-4,9-16H2,(H,27,31)/t17-,18+,24?,25?. The van der Waals surface area contributed by atoms with E-state index in [0.717, 1.165) is 54.1 Å². The van der Waals surface area contributed by atoms with Gasteiger partial charge in [0.15, 0.2) is 5.82 Å². The molecule has 4 bridgehead atoms. The summed E-state index contributed by atoms with van der Waals surface area (Å²) < 4.78 is 2.57. The van der Waals surface area contributed by atoms with Gasteiger partial charge in [0.05, 0.1) is 0 Å². The van der Waals surface area contributed by atoms with E-state index in [1.807, 2.05) is 12.1 Å². The van der Waals surface area contributed by atoms with Gasteiger partial charge in [0.25, 0.3) is 0 Å². The van der Waals surface area contributed by atoms with E-state index in [2.05, 4.69) is 48.1 Å². The largest absolute Gasteiger partial charge is 0.326 e. The van der Waals surface area contributed by atoms with Crippen LogP contribution in [0.5, 0.6) is 0 Å². The maximum Gasteiger partial charge on any atom is 0.224 e. The number of hydrogen-bond donors (Lipinski definition) is 1. The van der Waals surface area contributed by atoms with Gasteiger partial charge in [-0.2, -0.15) is 0 Å². The highest BCUT2D eigenvalue weighted by Crippen LogP contribution is 2.65. The summed E-state index contributed by atoms with van der Waals surface area (Å²) in [5.74, 6) is 3.84. The van der Waals surface area contributed by atoms with E-state index >= 15 is 0 Å². The normalized spacial score (nSPS) is 33.7. The molecule has 4 fully saturated rings. The fraction of sp³-hybridized carbons (Fsp3) is 0.640. The highest BCUT2D eigenvalue weighted by atomic mass is 79.9. The zero-order valence-electron chi connectivity index (χ0n) is 18.1. The Hall–Kier alpha value is -1.69. The van der Waals surface area contributed by atoms with Gasteiger partial charge in [-0.1, -0.05) is 22.4 Å². The van der Waals surface area contributed by atoms with Crippen LogP contribution in [0, 0.1) is 17.3 Å². The third-order valence-corrected chi connectivity index (χ3v) is 9.11. The minimum Gasteiger partial charge on any atom is -0.326 e. The van der Waals surface area contributed by atoms with Crippen LogP contribution in [0.25, 0.3) is 11.4 Å². The number of amides is 1. The number of hydrogen-bond acceptors (Lipinski definition) is 3. The lowest BCUT2D eigenvalue weighted by molar-refractivity contribution is -0.123. The number of halogens is 1. The number of rotatable bonds is 4. The summed E-state index contributed by atoms with van der Waals surface area (Å²) in [4.78, 5) is 13.0. The van der Waals surface area contributed by atoms with Crippen LogP contribution in [0.4, 0.5) is 5.69 Å². The molecule has 1 aliphatic heterocycles. The summed E-state index contributed by atoms with van der Waals surface area (Å²) in [6, 6.07) is 8.15. The summed E-state index contributed by atoms with van der Waals surface area (Å²) in [7, 11) is 0. The minimum absolute atomic E-state index is 0.169. The number of benzene rings is 1. The zero-order valence-corrected chi connectivity index (χ0v) is 19.7. The van der Waals surface area contributed by atoms with Crippen LogP contribution < -0.4 is 5.32 Å². The molecule has 2 heterocycles. The number of aryl methyl sites for hydroxylation is 1. The molecule has 6 heteroatoms. The van der Waals surface area contributed by atoms with Crippen LogP contribution >= 0.6 is 15.9 Å². The minimum atomic E-state index is 0.169. The molecule has 2 aromatic rings. The summed E-state index contributed by atoms with van der Waals surface area (Å²) in [6.07, 6.45) is 12.9. The molecule has 5 nitrogen and oxygen atoms in total. The molecule has 1 N–H and O–H groups in total. The van der Waals surface area contributed by atoms with Gasteiger partial charge in [-0.3, -0.25) is 4.79 Å². The lowest BCUT2D eigenvalue weighted by Gasteiger charge is -2.60. The predicted octanol–water partition coefficient (Wildman–Crippen LogP) is 5.73.